The Balaban J connectivity index is 1.40. The van der Waals surface area contributed by atoms with Gasteiger partial charge in [0, 0.05) is 16.6 Å². The standard InChI is InChI=1S/C21H24N4O3S/c1-13-5-3-4-10-21(13)19(27)25(20(28)24-21)11-18(26)23-16-8-6-15(7-9-16)17-12-29-14(2)22-17/h6-9,12-13H,3-5,10-11H2,1-2H3,(H,23,26)(H,24,28)/t13-,21-/m1/s1. The van der Waals surface area contributed by atoms with Crippen LogP contribution in [-0.2, 0) is 9.59 Å². The Kier molecular flexibility index (Phi) is 5.12. The zero-order chi connectivity index (χ0) is 20.6. The molecule has 29 heavy (non-hydrogen) atoms. The van der Waals surface area contributed by atoms with Crippen molar-refractivity contribution in [2.75, 3.05) is 11.9 Å². The van der Waals surface area contributed by atoms with Crippen LogP contribution in [0.25, 0.3) is 11.3 Å². The first-order valence-corrected chi connectivity index (χ1v) is 10.7. The Morgan fingerprint density at radius 3 is 2.72 bits per heavy atom. The average Bonchev–Trinajstić information content (AvgIpc) is 3.22. The molecule has 1 saturated heterocycles. The summed E-state index contributed by atoms with van der Waals surface area (Å²) in [4.78, 5) is 43.3. The molecule has 2 aromatic rings. The van der Waals surface area contributed by atoms with Gasteiger partial charge in [0.15, 0.2) is 0 Å². The second-order valence-corrected chi connectivity index (χ2v) is 8.88. The summed E-state index contributed by atoms with van der Waals surface area (Å²) >= 11 is 1.59. The summed E-state index contributed by atoms with van der Waals surface area (Å²) in [7, 11) is 0. The van der Waals surface area contributed by atoms with Crippen molar-refractivity contribution in [2.45, 2.75) is 45.1 Å². The van der Waals surface area contributed by atoms with Crippen LogP contribution in [0.4, 0.5) is 10.5 Å². The number of hydrogen-bond acceptors (Lipinski definition) is 5. The number of benzene rings is 1. The van der Waals surface area contributed by atoms with Gasteiger partial charge in [0.2, 0.25) is 5.91 Å². The van der Waals surface area contributed by atoms with E-state index >= 15 is 0 Å². The van der Waals surface area contributed by atoms with E-state index in [0.717, 1.165) is 40.4 Å². The molecule has 0 unspecified atom stereocenters. The maximum Gasteiger partial charge on any atom is 0.325 e. The largest absolute Gasteiger partial charge is 0.325 e. The number of nitrogens with one attached hydrogen (secondary N) is 2. The number of aryl methyl sites for hydroxylation is 1. The number of aromatic nitrogens is 1. The highest BCUT2D eigenvalue weighted by molar-refractivity contribution is 7.09. The zero-order valence-electron chi connectivity index (χ0n) is 16.5. The topological polar surface area (TPSA) is 91.4 Å². The molecule has 0 bridgehead atoms. The number of rotatable bonds is 4. The number of urea groups is 1. The summed E-state index contributed by atoms with van der Waals surface area (Å²) in [5.74, 6) is -0.604. The summed E-state index contributed by atoms with van der Waals surface area (Å²) in [5, 5.41) is 8.62. The van der Waals surface area contributed by atoms with E-state index in [9.17, 15) is 14.4 Å². The van der Waals surface area contributed by atoms with Gasteiger partial charge in [-0.25, -0.2) is 9.78 Å². The molecule has 2 atom stereocenters. The van der Waals surface area contributed by atoms with Crippen molar-refractivity contribution >= 4 is 34.9 Å². The van der Waals surface area contributed by atoms with Gasteiger partial charge < -0.3 is 10.6 Å². The minimum absolute atomic E-state index is 0.0719. The Hall–Kier alpha value is -2.74. The molecule has 1 aromatic heterocycles. The first-order valence-electron chi connectivity index (χ1n) is 9.85. The molecule has 152 valence electrons. The number of anilines is 1. The molecule has 1 aliphatic carbocycles. The van der Waals surface area contributed by atoms with Gasteiger partial charge >= 0.3 is 6.03 Å². The lowest BCUT2D eigenvalue weighted by Gasteiger charge is -2.36. The van der Waals surface area contributed by atoms with E-state index < -0.39 is 17.5 Å². The number of carbonyl (C=O) groups is 3. The zero-order valence-corrected chi connectivity index (χ0v) is 17.3. The number of nitrogens with zero attached hydrogens (tertiary/aromatic N) is 2. The van der Waals surface area contributed by atoms with Crippen LogP contribution >= 0.6 is 11.3 Å². The second kappa shape index (κ2) is 7.59. The number of carbonyl (C=O) groups excluding carboxylic acids is 3. The summed E-state index contributed by atoms with van der Waals surface area (Å²) in [6.45, 7) is 3.66. The third-order valence-electron chi connectivity index (χ3n) is 5.89. The molecule has 1 aromatic carbocycles. The molecule has 2 N–H and O–H groups in total. The molecule has 1 aliphatic heterocycles. The number of thiazole rings is 1. The van der Waals surface area contributed by atoms with Crippen LogP contribution in [0.3, 0.4) is 0 Å². The second-order valence-electron chi connectivity index (χ2n) is 7.82. The van der Waals surface area contributed by atoms with Gasteiger partial charge in [0.05, 0.1) is 10.7 Å². The van der Waals surface area contributed by atoms with Crippen molar-refractivity contribution < 1.29 is 14.4 Å². The maximum absolute atomic E-state index is 13.0. The lowest BCUT2D eigenvalue weighted by molar-refractivity contribution is -0.136. The SMILES string of the molecule is Cc1nc(-c2ccc(NC(=O)CN3C(=O)N[C@@]4(CCCC[C@H]4C)C3=O)cc2)cs1. The Bertz CT molecular complexity index is 955. The molecule has 1 saturated carbocycles. The highest BCUT2D eigenvalue weighted by Crippen LogP contribution is 2.38. The third-order valence-corrected chi connectivity index (χ3v) is 6.66. The van der Waals surface area contributed by atoms with Gasteiger partial charge in [0.1, 0.15) is 12.1 Å². The summed E-state index contributed by atoms with van der Waals surface area (Å²) in [6.07, 6.45) is 3.50. The van der Waals surface area contributed by atoms with Crippen molar-refractivity contribution in [3.63, 3.8) is 0 Å². The van der Waals surface area contributed by atoms with Crippen molar-refractivity contribution in [3.05, 3.63) is 34.7 Å². The summed E-state index contributed by atoms with van der Waals surface area (Å²) in [5.41, 5.74) is 1.63. The van der Waals surface area contributed by atoms with Gasteiger partial charge in [-0.05, 0) is 37.8 Å². The Morgan fingerprint density at radius 1 is 1.31 bits per heavy atom. The fourth-order valence-corrected chi connectivity index (χ4v) is 4.83. The molecule has 4 rings (SSSR count). The third kappa shape index (κ3) is 3.64. The van der Waals surface area contributed by atoms with Crippen LogP contribution in [0.15, 0.2) is 29.6 Å². The lowest BCUT2D eigenvalue weighted by Crippen LogP contribution is -2.54. The highest BCUT2D eigenvalue weighted by atomic mass is 32.1. The van der Waals surface area contributed by atoms with Gasteiger partial charge in [0.25, 0.3) is 5.91 Å². The van der Waals surface area contributed by atoms with E-state index in [-0.39, 0.29) is 18.4 Å². The molecular weight excluding hydrogens is 388 g/mol. The van der Waals surface area contributed by atoms with E-state index in [1.165, 1.54) is 0 Å². The van der Waals surface area contributed by atoms with Crippen molar-refractivity contribution in [2.24, 2.45) is 5.92 Å². The molecule has 7 nitrogen and oxygen atoms in total. The molecule has 0 radical (unpaired) electrons. The van der Waals surface area contributed by atoms with Gasteiger partial charge in [-0.1, -0.05) is 31.9 Å². The average molecular weight is 413 g/mol. The van der Waals surface area contributed by atoms with E-state index in [0.29, 0.717) is 12.1 Å². The number of amides is 4. The first kappa shape index (κ1) is 19.6. The van der Waals surface area contributed by atoms with Crippen molar-refractivity contribution in [1.82, 2.24) is 15.2 Å². The number of imide groups is 1. The normalized spacial score (nSPS) is 24.1. The molecular formula is C21H24N4O3S. The molecule has 4 amide bonds. The smallest absolute Gasteiger partial charge is 0.325 e. The molecule has 2 aliphatic rings. The van der Waals surface area contributed by atoms with E-state index in [1.54, 1.807) is 23.5 Å². The summed E-state index contributed by atoms with van der Waals surface area (Å²) in [6, 6.07) is 6.87. The molecule has 8 heteroatoms. The predicted molar refractivity (Wildman–Crippen MR) is 112 cm³/mol. The molecule has 1 spiro atoms. The first-order chi connectivity index (χ1) is 13.9. The van der Waals surface area contributed by atoms with E-state index in [1.807, 2.05) is 31.4 Å². The molecule has 2 fully saturated rings. The van der Waals surface area contributed by atoms with Crippen molar-refractivity contribution in [3.8, 4) is 11.3 Å². The monoisotopic (exact) mass is 412 g/mol. The fraction of sp³-hybridized carbons (Fsp3) is 0.429. The van der Waals surface area contributed by atoms with Crippen LogP contribution in [0.1, 0.15) is 37.6 Å². The maximum atomic E-state index is 13.0. The Morgan fingerprint density at radius 2 is 2.07 bits per heavy atom. The minimum Gasteiger partial charge on any atom is -0.325 e. The van der Waals surface area contributed by atoms with Gasteiger partial charge in [-0.3, -0.25) is 14.5 Å². The fourth-order valence-electron chi connectivity index (χ4n) is 4.20. The Labute approximate surface area is 173 Å². The van der Waals surface area contributed by atoms with Crippen LogP contribution in [0.5, 0.6) is 0 Å². The van der Waals surface area contributed by atoms with Crippen molar-refractivity contribution in [1.29, 1.82) is 0 Å². The van der Waals surface area contributed by atoms with E-state index in [2.05, 4.69) is 15.6 Å². The lowest BCUT2D eigenvalue weighted by atomic mass is 9.73. The van der Waals surface area contributed by atoms with Gasteiger partial charge in [-0.15, -0.1) is 11.3 Å². The van der Waals surface area contributed by atoms with Crippen LogP contribution < -0.4 is 10.6 Å². The van der Waals surface area contributed by atoms with Crippen LogP contribution in [0.2, 0.25) is 0 Å². The molecule has 2 heterocycles. The predicted octanol–water partition coefficient (Wildman–Crippen LogP) is 3.56. The van der Waals surface area contributed by atoms with Crippen LogP contribution in [-0.4, -0.2) is 39.8 Å². The van der Waals surface area contributed by atoms with Gasteiger partial charge in [-0.2, -0.15) is 0 Å². The quantitative estimate of drug-likeness (QED) is 0.751. The summed E-state index contributed by atoms with van der Waals surface area (Å²) < 4.78 is 0. The minimum atomic E-state index is -0.844. The van der Waals surface area contributed by atoms with Crippen LogP contribution in [0, 0.1) is 12.8 Å². The number of hydrogen-bond donors (Lipinski definition) is 2. The van der Waals surface area contributed by atoms with E-state index in [4.69, 9.17) is 0 Å². The highest BCUT2D eigenvalue weighted by Gasteiger charge is 2.55.